The fourth-order valence-electron chi connectivity index (χ4n) is 1.95. The van der Waals surface area contributed by atoms with E-state index in [1.165, 1.54) is 30.3 Å². The van der Waals surface area contributed by atoms with Gasteiger partial charge in [-0.05, 0) is 25.0 Å². The molecule has 0 N–H and O–H groups in total. The number of hydrogen-bond acceptors (Lipinski definition) is 0. The van der Waals surface area contributed by atoms with E-state index in [4.69, 9.17) is 0 Å². The SMILES string of the molecule is C=Cc1ccccc1C(C)(C)C(F)(F)C(F)C(F)(F)F. The van der Waals surface area contributed by atoms with Crippen molar-refractivity contribution in [3.05, 3.63) is 42.0 Å². The highest BCUT2D eigenvalue weighted by molar-refractivity contribution is 5.54. The van der Waals surface area contributed by atoms with Gasteiger partial charge in [-0.1, -0.05) is 36.9 Å². The summed E-state index contributed by atoms with van der Waals surface area (Å²) in [5, 5.41) is 0. The van der Waals surface area contributed by atoms with Gasteiger partial charge in [-0.3, -0.25) is 0 Å². The van der Waals surface area contributed by atoms with Gasteiger partial charge in [0.15, 0.2) is 0 Å². The molecule has 1 unspecified atom stereocenters. The average Bonchev–Trinajstić information content (AvgIpc) is 2.36. The molecule has 0 aliphatic rings. The van der Waals surface area contributed by atoms with Crippen molar-refractivity contribution in [1.82, 2.24) is 0 Å². The molecular formula is C14H14F6. The maximum atomic E-state index is 14.0. The molecule has 1 rings (SSSR count). The molecule has 0 aromatic heterocycles. The molecule has 1 atom stereocenters. The molecule has 1 aromatic carbocycles. The van der Waals surface area contributed by atoms with Crippen LogP contribution in [0.25, 0.3) is 6.08 Å². The second kappa shape index (κ2) is 5.14. The molecule has 0 amide bonds. The van der Waals surface area contributed by atoms with E-state index in [2.05, 4.69) is 6.58 Å². The third kappa shape index (κ3) is 2.69. The quantitative estimate of drug-likeness (QED) is 0.675. The highest BCUT2D eigenvalue weighted by Gasteiger charge is 2.64. The van der Waals surface area contributed by atoms with E-state index in [-0.39, 0.29) is 11.1 Å². The predicted octanol–water partition coefficient (Wildman–Crippen LogP) is 5.14. The van der Waals surface area contributed by atoms with Crippen LogP contribution in [0.5, 0.6) is 0 Å². The molecule has 0 fully saturated rings. The molecule has 0 nitrogen and oxygen atoms in total. The van der Waals surface area contributed by atoms with Crippen molar-refractivity contribution in [2.24, 2.45) is 0 Å². The number of alkyl halides is 6. The summed E-state index contributed by atoms with van der Waals surface area (Å²) in [6, 6.07) is 5.61. The van der Waals surface area contributed by atoms with E-state index in [0.29, 0.717) is 0 Å². The summed E-state index contributed by atoms with van der Waals surface area (Å²) in [4.78, 5) is 0. The van der Waals surface area contributed by atoms with Gasteiger partial charge in [0, 0.05) is 0 Å². The smallest absolute Gasteiger partial charge is 0.231 e. The molecule has 0 aliphatic carbocycles. The summed E-state index contributed by atoms with van der Waals surface area (Å²) in [7, 11) is 0. The van der Waals surface area contributed by atoms with E-state index < -0.39 is 23.7 Å². The first-order chi connectivity index (χ1) is 8.96. The Morgan fingerprint density at radius 3 is 2.00 bits per heavy atom. The van der Waals surface area contributed by atoms with Crippen LogP contribution in [0, 0.1) is 0 Å². The Kier molecular flexibility index (Phi) is 4.27. The summed E-state index contributed by atoms with van der Waals surface area (Å²) in [6.45, 7) is 5.19. The molecule has 0 saturated heterocycles. The van der Waals surface area contributed by atoms with Crippen molar-refractivity contribution >= 4 is 6.08 Å². The normalized spacial score (nSPS) is 15.0. The van der Waals surface area contributed by atoms with Crippen molar-refractivity contribution in [2.45, 2.75) is 37.5 Å². The van der Waals surface area contributed by atoms with Gasteiger partial charge in [-0.15, -0.1) is 0 Å². The fraction of sp³-hybridized carbons (Fsp3) is 0.429. The van der Waals surface area contributed by atoms with Crippen LogP contribution in [0.15, 0.2) is 30.8 Å². The molecule has 0 aliphatic heterocycles. The first kappa shape index (κ1) is 16.6. The van der Waals surface area contributed by atoms with E-state index in [1.54, 1.807) is 0 Å². The lowest BCUT2D eigenvalue weighted by molar-refractivity contribution is -0.260. The van der Waals surface area contributed by atoms with Crippen LogP contribution >= 0.6 is 0 Å². The third-order valence-electron chi connectivity index (χ3n) is 3.29. The molecule has 6 heteroatoms. The first-order valence-electron chi connectivity index (χ1n) is 5.76. The summed E-state index contributed by atoms with van der Waals surface area (Å²) >= 11 is 0. The molecule has 0 spiro atoms. The van der Waals surface area contributed by atoms with Gasteiger partial charge in [0.2, 0.25) is 0 Å². The second-order valence-corrected chi connectivity index (χ2v) is 4.94. The average molecular weight is 296 g/mol. The minimum atomic E-state index is -5.62. The van der Waals surface area contributed by atoms with Crippen LogP contribution in [0.4, 0.5) is 26.3 Å². The fourth-order valence-corrected chi connectivity index (χ4v) is 1.95. The van der Waals surface area contributed by atoms with Crippen molar-refractivity contribution in [3.8, 4) is 0 Å². The summed E-state index contributed by atoms with van der Waals surface area (Å²) < 4.78 is 78.0. The largest absolute Gasteiger partial charge is 0.425 e. The Balaban J connectivity index is 3.37. The van der Waals surface area contributed by atoms with Crippen LogP contribution < -0.4 is 0 Å². The van der Waals surface area contributed by atoms with Crippen LogP contribution in [0.3, 0.4) is 0 Å². The molecule has 20 heavy (non-hydrogen) atoms. The predicted molar refractivity (Wildman–Crippen MR) is 65.5 cm³/mol. The summed E-state index contributed by atoms with van der Waals surface area (Å²) in [6.07, 6.45) is -8.61. The molecule has 0 saturated carbocycles. The first-order valence-corrected chi connectivity index (χ1v) is 5.76. The number of halogens is 6. The van der Waals surface area contributed by atoms with Crippen molar-refractivity contribution < 1.29 is 26.3 Å². The highest BCUT2D eigenvalue weighted by atomic mass is 19.4. The van der Waals surface area contributed by atoms with Crippen LogP contribution in [0.2, 0.25) is 0 Å². The van der Waals surface area contributed by atoms with E-state index in [9.17, 15) is 26.3 Å². The molecule has 1 aromatic rings. The molecule has 0 heterocycles. The number of benzene rings is 1. The summed E-state index contributed by atoms with van der Waals surface area (Å²) in [5.74, 6) is -4.61. The van der Waals surface area contributed by atoms with Gasteiger partial charge in [-0.25, -0.2) is 13.2 Å². The van der Waals surface area contributed by atoms with Crippen LogP contribution in [0.1, 0.15) is 25.0 Å². The lowest BCUT2D eigenvalue weighted by Gasteiger charge is -2.37. The minimum Gasteiger partial charge on any atom is -0.231 e. The zero-order valence-corrected chi connectivity index (χ0v) is 10.9. The zero-order valence-electron chi connectivity index (χ0n) is 10.9. The Hall–Kier alpha value is -1.46. The Labute approximate surface area is 113 Å². The zero-order chi connectivity index (χ0) is 15.8. The highest BCUT2D eigenvalue weighted by Crippen LogP contribution is 2.48. The van der Waals surface area contributed by atoms with Crippen LogP contribution in [-0.2, 0) is 5.41 Å². The monoisotopic (exact) mass is 296 g/mol. The molecule has 112 valence electrons. The number of rotatable bonds is 4. The van der Waals surface area contributed by atoms with Crippen molar-refractivity contribution in [1.29, 1.82) is 0 Å². The topological polar surface area (TPSA) is 0 Å². The second-order valence-electron chi connectivity index (χ2n) is 4.94. The van der Waals surface area contributed by atoms with Gasteiger partial charge in [0.05, 0.1) is 5.41 Å². The van der Waals surface area contributed by atoms with Gasteiger partial charge in [0.25, 0.3) is 12.1 Å². The summed E-state index contributed by atoms with van der Waals surface area (Å²) in [5.41, 5.74) is -2.19. The standard InChI is InChI=1S/C14H14F6/c1-4-9-7-5-6-8-10(9)12(2,3)13(16,17)11(15)14(18,19)20/h4-8,11H,1H2,2-3H3. The lowest BCUT2D eigenvalue weighted by Crippen LogP contribution is -2.53. The molecule has 0 bridgehead atoms. The molecule has 0 radical (unpaired) electrons. The Bertz CT molecular complexity index is 487. The maximum Gasteiger partial charge on any atom is 0.425 e. The van der Waals surface area contributed by atoms with E-state index >= 15 is 0 Å². The van der Waals surface area contributed by atoms with Gasteiger partial charge in [0.1, 0.15) is 0 Å². The third-order valence-corrected chi connectivity index (χ3v) is 3.29. The number of hydrogen-bond donors (Lipinski definition) is 0. The van der Waals surface area contributed by atoms with E-state index in [0.717, 1.165) is 13.8 Å². The minimum absolute atomic E-state index is 0.0908. The van der Waals surface area contributed by atoms with Gasteiger partial charge in [-0.2, -0.15) is 13.2 Å². The van der Waals surface area contributed by atoms with Crippen molar-refractivity contribution in [3.63, 3.8) is 0 Å². The van der Waals surface area contributed by atoms with Gasteiger partial charge < -0.3 is 0 Å². The lowest BCUT2D eigenvalue weighted by atomic mass is 9.74. The van der Waals surface area contributed by atoms with E-state index in [1.807, 2.05) is 0 Å². The maximum absolute atomic E-state index is 14.0. The Morgan fingerprint density at radius 2 is 1.55 bits per heavy atom. The van der Waals surface area contributed by atoms with Crippen molar-refractivity contribution in [2.75, 3.05) is 0 Å². The van der Waals surface area contributed by atoms with Gasteiger partial charge >= 0.3 is 6.18 Å². The molecular weight excluding hydrogens is 282 g/mol. The van der Waals surface area contributed by atoms with Crippen LogP contribution in [-0.4, -0.2) is 18.3 Å². The Morgan fingerprint density at radius 1 is 1.05 bits per heavy atom.